The zero-order valence-electron chi connectivity index (χ0n) is 14.1. The Morgan fingerprint density at radius 2 is 2.25 bits per heavy atom. The van der Waals surface area contributed by atoms with Gasteiger partial charge in [-0.25, -0.2) is 0 Å². The van der Waals surface area contributed by atoms with Crippen LogP contribution in [-0.2, 0) is 9.53 Å². The first-order chi connectivity index (χ1) is 11.6. The van der Waals surface area contributed by atoms with Crippen LogP contribution in [-0.4, -0.2) is 28.8 Å². The minimum Gasteiger partial charge on any atom is -0.421 e. The van der Waals surface area contributed by atoms with Gasteiger partial charge in [-0.1, -0.05) is 25.8 Å². The van der Waals surface area contributed by atoms with Crippen molar-refractivity contribution in [2.45, 2.75) is 45.6 Å². The van der Waals surface area contributed by atoms with Crippen LogP contribution in [0.2, 0.25) is 0 Å². The van der Waals surface area contributed by atoms with Gasteiger partial charge in [-0.15, -0.1) is 10.2 Å². The van der Waals surface area contributed by atoms with E-state index in [1.54, 1.807) is 6.92 Å². The second-order valence-electron chi connectivity index (χ2n) is 6.46. The highest BCUT2D eigenvalue weighted by Crippen LogP contribution is 2.26. The van der Waals surface area contributed by atoms with Gasteiger partial charge in [-0.05, 0) is 37.0 Å². The van der Waals surface area contributed by atoms with Gasteiger partial charge in [0.2, 0.25) is 17.7 Å². The monoisotopic (exact) mass is 329 g/mol. The third-order valence-corrected chi connectivity index (χ3v) is 4.26. The van der Waals surface area contributed by atoms with E-state index in [0.717, 1.165) is 18.4 Å². The van der Waals surface area contributed by atoms with Gasteiger partial charge in [0.05, 0.1) is 6.10 Å². The summed E-state index contributed by atoms with van der Waals surface area (Å²) < 4.78 is 11.2. The second kappa shape index (κ2) is 7.57. The molecule has 1 aliphatic carbocycles. The maximum atomic E-state index is 12.1. The zero-order valence-corrected chi connectivity index (χ0v) is 14.1. The molecule has 0 aliphatic heterocycles. The summed E-state index contributed by atoms with van der Waals surface area (Å²) in [5, 5.41) is 10.7. The Hall–Kier alpha value is -2.21. The van der Waals surface area contributed by atoms with Crippen LogP contribution >= 0.6 is 0 Å². The third-order valence-electron chi connectivity index (χ3n) is 4.26. The van der Waals surface area contributed by atoms with Crippen LogP contribution in [0.25, 0.3) is 11.5 Å². The number of anilines is 1. The fraction of sp³-hybridized carbons (Fsp3) is 0.500. The van der Waals surface area contributed by atoms with Crippen molar-refractivity contribution >= 4 is 11.6 Å². The minimum absolute atomic E-state index is 0.0846. The maximum Gasteiger partial charge on any atom is 0.250 e. The van der Waals surface area contributed by atoms with Crippen LogP contribution in [0.4, 0.5) is 5.69 Å². The Balaban J connectivity index is 1.54. The fourth-order valence-electron chi connectivity index (χ4n) is 3.06. The number of hydrogen-bond acceptors (Lipinski definition) is 5. The molecule has 3 rings (SSSR count). The van der Waals surface area contributed by atoms with Gasteiger partial charge in [-0.2, -0.15) is 0 Å². The summed E-state index contributed by atoms with van der Waals surface area (Å²) in [6.45, 7) is 4.06. The van der Waals surface area contributed by atoms with Gasteiger partial charge >= 0.3 is 0 Å². The van der Waals surface area contributed by atoms with E-state index in [2.05, 4.69) is 22.4 Å². The van der Waals surface area contributed by atoms with Gasteiger partial charge in [0.1, 0.15) is 6.61 Å². The van der Waals surface area contributed by atoms with Crippen LogP contribution in [0.15, 0.2) is 28.7 Å². The topological polar surface area (TPSA) is 77.2 Å². The largest absolute Gasteiger partial charge is 0.421 e. The molecule has 2 atom stereocenters. The van der Waals surface area contributed by atoms with Gasteiger partial charge in [0, 0.05) is 18.2 Å². The number of ether oxygens (including phenoxy) is 1. The van der Waals surface area contributed by atoms with E-state index in [1.807, 2.05) is 24.3 Å². The molecule has 0 bridgehead atoms. The molecular formula is C18H23N3O3. The SMILES string of the molecule is Cc1nnc(-c2cccc(NC(=O)CO[C@H]3CCC[C@H](C)C3)c2)o1. The van der Waals surface area contributed by atoms with Crippen LogP contribution in [0.5, 0.6) is 0 Å². The molecule has 24 heavy (non-hydrogen) atoms. The van der Waals surface area contributed by atoms with Gasteiger partial charge in [-0.3, -0.25) is 4.79 Å². The summed E-state index contributed by atoms with van der Waals surface area (Å²) >= 11 is 0. The first kappa shape index (κ1) is 16.6. The zero-order chi connectivity index (χ0) is 16.9. The average molecular weight is 329 g/mol. The molecule has 128 valence electrons. The Morgan fingerprint density at radius 3 is 3.00 bits per heavy atom. The number of carbonyl (C=O) groups excluding carboxylic acids is 1. The van der Waals surface area contributed by atoms with Crippen molar-refractivity contribution in [1.29, 1.82) is 0 Å². The molecule has 1 aromatic heterocycles. The van der Waals surface area contributed by atoms with Crippen molar-refractivity contribution in [3.63, 3.8) is 0 Å². The van der Waals surface area contributed by atoms with Crippen molar-refractivity contribution in [3.05, 3.63) is 30.2 Å². The van der Waals surface area contributed by atoms with Crippen LogP contribution < -0.4 is 5.32 Å². The molecule has 1 fully saturated rings. The number of amides is 1. The van der Waals surface area contributed by atoms with E-state index in [-0.39, 0.29) is 18.6 Å². The lowest BCUT2D eigenvalue weighted by Crippen LogP contribution is -2.26. The minimum atomic E-state index is -0.146. The molecular weight excluding hydrogens is 306 g/mol. The predicted molar refractivity (Wildman–Crippen MR) is 90.5 cm³/mol. The second-order valence-corrected chi connectivity index (χ2v) is 6.46. The lowest BCUT2D eigenvalue weighted by molar-refractivity contribution is -0.123. The van der Waals surface area contributed by atoms with E-state index < -0.39 is 0 Å². The number of rotatable bonds is 5. The van der Waals surface area contributed by atoms with Crippen LogP contribution in [0, 0.1) is 12.8 Å². The molecule has 1 aliphatic rings. The Labute approximate surface area is 141 Å². The number of nitrogens with zero attached hydrogens (tertiary/aromatic N) is 2. The first-order valence-corrected chi connectivity index (χ1v) is 8.42. The Kier molecular flexibility index (Phi) is 5.25. The third kappa shape index (κ3) is 4.41. The molecule has 0 spiro atoms. The Morgan fingerprint density at radius 1 is 1.38 bits per heavy atom. The highest BCUT2D eigenvalue weighted by Gasteiger charge is 2.20. The van der Waals surface area contributed by atoms with E-state index in [4.69, 9.17) is 9.15 Å². The summed E-state index contributed by atoms with van der Waals surface area (Å²) in [5.41, 5.74) is 1.46. The predicted octanol–water partition coefficient (Wildman–Crippen LogP) is 3.58. The molecule has 1 heterocycles. The summed E-state index contributed by atoms with van der Waals surface area (Å²) in [5.74, 6) is 1.49. The number of aryl methyl sites for hydroxylation is 1. The molecule has 1 N–H and O–H groups in total. The lowest BCUT2D eigenvalue weighted by atomic mass is 9.89. The van der Waals surface area contributed by atoms with Gasteiger partial charge < -0.3 is 14.5 Å². The van der Waals surface area contributed by atoms with Gasteiger partial charge in [0.15, 0.2) is 0 Å². The molecule has 0 radical (unpaired) electrons. The number of carbonyl (C=O) groups is 1. The van der Waals surface area contributed by atoms with Crippen LogP contribution in [0.3, 0.4) is 0 Å². The number of nitrogens with one attached hydrogen (secondary N) is 1. The molecule has 6 nitrogen and oxygen atoms in total. The molecule has 1 amide bonds. The highest BCUT2D eigenvalue weighted by molar-refractivity contribution is 5.92. The standard InChI is InChI=1S/C18H23N3O3/c1-12-5-3-8-16(9-12)23-11-17(22)19-15-7-4-6-14(10-15)18-21-20-13(2)24-18/h4,6-7,10,12,16H,3,5,8-9,11H2,1-2H3,(H,19,22)/t12-,16-/m0/s1. The van der Waals surface area contributed by atoms with Gasteiger partial charge in [0.25, 0.3) is 0 Å². The lowest BCUT2D eigenvalue weighted by Gasteiger charge is -2.26. The Bertz CT molecular complexity index is 698. The van der Waals surface area contributed by atoms with E-state index >= 15 is 0 Å². The molecule has 1 saturated carbocycles. The molecule has 6 heteroatoms. The number of hydrogen-bond donors (Lipinski definition) is 1. The number of aromatic nitrogens is 2. The summed E-state index contributed by atoms with van der Waals surface area (Å²) in [6, 6.07) is 7.34. The summed E-state index contributed by atoms with van der Waals surface area (Å²) in [7, 11) is 0. The van der Waals surface area contributed by atoms with E-state index in [1.165, 1.54) is 12.8 Å². The molecule has 0 unspecified atom stereocenters. The van der Waals surface area contributed by atoms with E-state index in [0.29, 0.717) is 23.4 Å². The van der Waals surface area contributed by atoms with Crippen molar-refractivity contribution in [3.8, 4) is 11.5 Å². The highest BCUT2D eigenvalue weighted by atomic mass is 16.5. The normalized spacial score (nSPS) is 20.8. The first-order valence-electron chi connectivity index (χ1n) is 8.42. The van der Waals surface area contributed by atoms with Crippen molar-refractivity contribution in [2.24, 2.45) is 5.92 Å². The van der Waals surface area contributed by atoms with Crippen molar-refractivity contribution in [1.82, 2.24) is 10.2 Å². The van der Waals surface area contributed by atoms with Crippen molar-refractivity contribution < 1.29 is 13.9 Å². The summed E-state index contributed by atoms with van der Waals surface area (Å²) in [6.07, 6.45) is 4.72. The molecule has 1 aromatic carbocycles. The molecule has 0 saturated heterocycles. The van der Waals surface area contributed by atoms with E-state index in [9.17, 15) is 4.79 Å². The maximum absolute atomic E-state index is 12.1. The fourth-order valence-corrected chi connectivity index (χ4v) is 3.06. The molecule has 2 aromatic rings. The van der Waals surface area contributed by atoms with Crippen molar-refractivity contribution in [2.75, 3.05) is 11.9 Å². The average Bonchev–Trinajstić information content (AvgIpc) is 3.00. The quantitative estimate of drug-likeness (QED) is 0.907. The summed E-state index contributed by atoms with van der Waals surface area (Å²) in [4.78, 5) is 12.1. The smallest absolute Gasteiger partial charge is 0.250 e. The van der Waals surface area contributed by atoms with Crippen LogP contribution in [0.1, 0.15) is 38.5 Å². The number of benzene rings is 1.